The van der Waals surface area contributed by atoms with Gasteiger partial charge in [0.25, 0.3) is 0 Å². The maximum absolute atomic E-state index is 14.0. The number of hydrogen-bond acceptors (Lipinski definition) is 9. The van der Waals surface area contributed by atoms with Crippen molar-refractivity contribution >= 4 is 45.8 Å². The normalized spacial score (nSPS) is 21.1. The molecule has 5 heterocycles. The van der Waals surface area contributed by atoms with Gasteiger partial charge in [0.15, 0.2) is 0 Å². The molecular formula is C46H56N8O7. The number of carbonyl (C=O) groups excluding carboxylic acids is 4. The van der Waals surface area contributed by atoms with Crippen molar-refractivity contribution in [1.29, 1.82) is 0 Å². The number of amides is 4. The van der Waals surface area contributed by atoms with Crippen molar-refractivity contribution in [3.63, 3.8) is 0 Å². The largest absolute Gasteiger partial charge is 0.488 e. The van der Waals surface area contributed by atoms with E-state index in [-0.39, 0.29) is 47.8 Å². The number of imidazole rings is 2. The van der Waals surface area contributed by atoms with Crippen LogP contribution in [-0.2, 0) is 25.7 Å². The van der Waals surface area contributed by atoms with Crippen LogP contribution in [0.15, 0.2) is 48.7 Å². The second-order valence-corrected chi connectivity index (χ2v) is 17.2. The van der Waals surface area contributed by atoms with E-state index >= 15 is 0 Å². The Morgan fingerprint density at radius 2 is 1.48 bits per heavy atom. The molecule has 0 aliphatic carbocycles. The maximum Gasteiger partial charge on any atom is 0.407 e. The Hall–Kier alpha value is -6.12. The van der Waals surface area contributed by atoms with Crippen LogP contribution in [0, 0.1) is 11.8 Å². The first-order chi connectivity index (χ1) is 29.3. The molecule has 0 bridgehead atoms. The van der Waals surface area contributed by atoms with Crippen LogP contribution in [0.25, 0.3) is 44.2 Å². The molecule has 7 atom stereocenters. The molecule has 0 spiro atoms. The summed E-state index contributed by atoms with van der Waals surface area (Å²) in [5.41, 5.74) is 6.60. The molecular weight excluding hydrogens is 777 g/mol. The van der Waals surface area contributed by atoms with Crippen molar-refractivity contribution in [3.8, 4) is 28.1 Å². The van der Waals surface area contributed by atoms with Gasteiger partial charge in [-0.05, 0) is 97.7 Å². The predicted octanol–water partition coefficient (Wildman–Crippen LogP) is 7.92. The van der Waals surface area contributed by atoms with Crippen LogP contribution in [0.4, 0.5) is 9.59 Å². The molecule has 3 aliphatic heterocycles. The van der Waals surface area contributed by atoms with E-state index < -0.39 is 24.3 Å². The fourth-order valence-electron chi connectivity index (χ4n) is 9.43. The molecule has 3 aromatic carbocycles. The number of ether oxygens (including phenoxy) is 3. The second kappa shape index (κ2) is 16.7. The van der Waals surface area contributed by atoms with E-state index in [9.17, 15) is 19.2 Å². The van der Waals surface area contributed by atoms with Gasteiger partial charge >= 0.3 is 12.2 Å². The molecule has 2 aromatic heterocycles. The quantitative estimate of drug-likeness (QED) is 0.109. The van der Waals surface area contributed by atoms with E-state index in [1.807, 2.05) is 63.6 Å². The van der Waals surface area contributed by atoms with Crippen molar-refractivity contribution in [2.45, 2.75) is 117 Å². The van der Waals surface area contributed by atoms with Gasteiger partial charge in [-0.15, -0.1) is 0 Å². The highest BCUT2D eigenvalue weighted by molar-refractivity contribution is 6.07. The highest BCUT2D eigenvalue weighted by Crippen LogP contribution is 2.44. The van der Waals surface area contributed by atoms with Crippen LogP contribution in [0.3, 0.4) is 0 Å². The molecule has 3 aliphatic rings. The van der Waals surface area contributed by atoms with Crippen molar-refractivity contribution in [1.82, 2.24) is 40.4 Å². The van der Waals surface area contributed by atoms with E-state index in [1.165, 1.54) is 14.2 Å². The third-order valence-electron chi connectivity index (χ3n) is 13.1. The number of carbonyl (C=O) groups is 4. The molecule has 0 unspecified atom stereocenters. The van der Waals surface area contributed by atoms with Gasteiger partial charge < -0.3 is 44.6 Å². The number of benzene rings is 3. The van der Waals surface area contributed by atoms with Gasteiger partial charge in [0, 0.05) is 23.0 Å². The first kappa shape index (κ1) is 41.6. The molecule has 0 radical (unpaired) electrons. The molecule has 2 saturated heterocycles. The zero-order chi connectivity index (χ0) is 43.3. The minimum Gasteiger partial charge on any atom is -0.488 e. The standard InChI is InChI=1S/C46H56N8O7/c1-9-24(4)39(52-46(58)60-8)44(56)53-25(5)10-16-35(53)41-47-21-34(49-41)28-12-14-30-29(18-28)22-61-37-20-31-27(19-32(30)37)13-15-33-40(31)50-42(48-33)36-17-11-26(6)54(36)43(55)38(23(2)3)51-45(57)59-7/h12-15,18-21,23-26,35-36,38-39H,9-11,16-17,22H2,1-8H3,(H,47,49)(H,48,50)(H,51,57)(H,52,58)/t24-,25-,26-,35-,36-,38-,39-/m0/s1. The summed E-state index contributed by atoms with van der Waals surface area (Å²) < 4.78 is 16.1. The van der Waals surface area contributed by atoms with Crippen molar-refractivity contribution in [3.05, 3.63) is 65.9 Å². The molecule has 5 aromatic rings. The number of alkyl carbamates (subject to hydrolysis) is 2. The fourth-order valence-corrected chi connectivity index (χ4v) is 9.43. The van der Waals surface area contributed by atoms with E-state index in [0.29, 0.717) is 18.3 Å². The molecule has 322 valence electrons. The maximum atomic E-state index is 14.0. The Labute approximate surface area is 355 Å². The van der Waals surface area contributed by atoms with Gasteiger partial charge in [-0.25, -0.2) is 19.6 Å². The Bertz CT molecular complexity index is 2490. The Morgan fingerprint density at radius 3 is 2.13 bits per heavy atom. The average molecular weight is 833 g/mol. The SMILES string of the molecule is CC[C@H](C)[C@H](NC(=O)OC)C(=O)N1[C@@H](C)CC[C@H]1c1ncc(-c2ccc3c(c2)COc2cc4c(ccc5nc([C@@H]6CC[C@H](C)N6C(=O)[C@@H](NC(=O)OC)C(C)C)[nH]c54)cc2-3)[nH]1. The minimum atomic E-state index is -0.726. The van der Waals surface area contributed by atoms with Crippen LogP contribution in [0.1, 0.15) is 103 Å². The van der Waals surface area contributed by atoms with E-state index in [4.69, 9.17) is 24.2 Å². The molecule has 4 N–H and O–H groups in total. The van der Waals surface area contributed by atoms with Crippen LogP contribution >= 0.6 is 0 Å². The summed E-state index contributed by atoms with van der Waals surface area (Å²) in [6, 6.07) is 12.7. The van der Waals surface area contributed by atoms with E-state index in [0.717, 1.165) is 87.6 Å². The summed E-state index contributed by atoms with van der Waals surface area (Å²) in [6.45, 7) is 12.2. The fraction of sp³-hybridized carbons (Fsp3) is 0.478. The summed E-state index contributed by atoms with van der Waals surface area (Å²) in [4.78, 5) is 73.0. The third kappa shape index (κ3) is 7.63. The van der Waals surface area contributed by atoms with Gasteiger partial charge in [0.05, 0.1) is 49.2 Å². The van der Waals surface area contributed by atoms with Crippen LogP contribution < -0.4 is 15.4 Å². The second-order valence-electron chi connectivity index (χ2n) is 17.2. The number of nitrogens with one attached hydrogen (secondary N) is 4. The van der Waals surface area contributed by atoms with Gasteiger partial charge in [-0.3, -0.25) is 9.59 Å². The number of hydrogen-bond donors (Lipinski definition) is 4. The number of likely N-dealkylation sites (tertiary alicyclic amines) is 2. The lowest BCUT2D eigenvalue weighted by atomic mass is 9.92. The van der Waals surface area contributed by atoms with Crippen LogP contribution in [-0.4, -0.2) is 92.1 Å². The Morgan fingerprint density at radius 1 is 0.820 bits per heavy atom. The van der Waals surface area contributed by atoms with Crippen molar-refractivity contribution in [2.75, 3.05) is 14.2 Å². The van der Waals surface area contributed by atoms with Crippen LogP contribution in [0.2, 0.25) is 0 Å². The number of methoxy groups -OCH3 is 2. The Balaban J connectivity index is 1.04. The minimum absolute atomic E-state index is 0.0153. The molecule has 4 amide bonds. The van der Waals surface area contributed by atoms with E-state index in [1.54, 1.807) is 0 Å². The summed E-state index contributed by atoms with van der Waals surface area (Å²) in [6.07, 6.45) is 4.43. The average Bonchev–Trinajstić information content (AvgIpc) is 4.08. The van der Waals surface area contributed by atoms with Gasteiger partial charge in [0.2, 0.25) is 11.8 Å². The topological polar surface area (TPSA) is 184 Å². The third-order valence-corrected chi connectivity index (χ3v) is 13.1. The molecule has 8 rings (SSSR count). The highest BCUT2D eigenvalue weighted by atomic mass is 16.5. The highest BCUT2D eigenvalue weighted by Gasteiger charge is 2.43. The zero-order valence-electron chi connectivity index (χ0n) is 36.1. The first-order valence-electron chi connectivity index (χ1n) is 21.4. The zero-order valence-corrected chi connectivity index (χ0v) is 36.1. The van der Waals surface area contributed by atoms with Gasteiger partial charge in [-0.1, -0.05) is 52.3 Å². The summed E-state index contributed by atoms with van der Waals surface area (Å²) in [7, 11) is 2.60. The predicted molar refractivity (Wildman–Crippen MR) is 230 cm³/mol. The summed E-state index contributed by atoms with van der Waals surface area (Å²) in [5.74, 6) is 1.71. The number of H-pyrrole nitrogens is 2. The lowest BCUT2D eigenvalue weighted by Gasteiger charge is -2.33. The molecule has 15 nitrogen and oxygen atoms in total. The smallest absolute Gasteiger partial charge is 0.407 e. The van der Waals surface area contributed by atoms with E-state index in [2.05, 4.69) is 57.0 Å². The van der Waals surface area contributed by atoms with Crippen molar-refractivity contribution < 1.29 is 33.4 Å². The number of nitrogens with zero attached hydrogens (tertiary/aromatic N) is 4. The van der Waals surface area contributed by atoms with Crippen molar-refractivity contribution in [2.24, 2.45) is 11.8 Å². The summed E-state index contributed by atoms with van der Waals surface area (Å²) >= 11 is 0. The molecule has 61 heavy (non-hydrogen) atoms. The number of fused-ring (bicyclic) bond motifs is 6. The van der Waals surface area contributed by atoms with Crippen LogP contribution in [0.5, 0.6) is 5.75 Å². The molecule has 0 saturated carbocycles. The molecule has 15 heteroatoms. The lowest BCUT2D eigenvalue weighted by molar-refractivity contribution is -0.138. The lowest BCUT2D eigenvalue weighted by Crippen LogP contribution is -2.53. The first-order valence-corrected chi connectivity index (χ1v) is 21.4. The number of rotatable bonds is 10. The van der Waals surface area contributed by atoms with Gasteiger partial charge in [0.1, 0.15) is 36.1 Å². The van der Waals surface area contributed by atoms with Gasteiger partial charge in [-0.2, -0.15) is 0 Å². The molecule has 2 fully saturated rings. The summed E-state index contributed by atoms with van der Waals surface area (Å²) in [5, 5.41) is 7.51. The number of aromatic nitrogens is 4. The Kier molecular flexibility index (Phi) is 11.4. The number of aromatic amines is 2. The monoisotopic (exact) mass is 832 g/mol.